The first kappa shape index (κ1) is 14.3. The van der Waals surface area contributed by atoms with Crippen LogP contribution in [0.3, 0.4) is 0 Å². The van der Waals surface area contributed by atoms with Crippen molar-refractivity contribution in [1.82, 2.24) is 15.5 Å². The Labute approximate surface area is 115 Å². The third-order valence-electron chi connectivity index (χ3n) is 3.84. The Morgan fingerprint density at radius 2 is 1.89 bits per heavy atom. The van der Waals surface area contributed by atoms with E-state index in [2.05, 4.69) is 41.6 Å². The second kappa shape index (κ2) is 6.89. The molecule has 0 saturated heterocycles. The molecule has 2 N–H and O–H groups in total. The number of aromatic nitrogens is 2. The molecule has 19 heavy (non-hydrogen) atoms. The molecule has 1 heterocycles. The predicted molar refractivity (Wildman–Crippen MR) is 75.9 cm³/mol. The van der Waals surface area contributed by atoms with Gasteiger partial charge in [0.05, 0.1) is 6.54 Å². The molecule has 2 rings (SSSR count). The molecule has 108 valence electrons. The molecule has 1 aliphatic rings. The molecular formula is C14H26N4O. The zero-order valence-corrected chi connectivity index (χ0v) is 12.3. The molecule has 0 bridgehead atoms. The van der Waals surface area contributed by atoms with Gasteiger partial charge in [-0.15, -0.1) is 5.10 Å². The number of nitrogens with zero attached hydrogens (tertiary/aromatic N) is 2. The summed E-state index contributed by atoms with van der Waals surface area (Å²) >= 11 is 0. The first-order valence-electron chi connectivity index (χ1n) is 7.47. The van der Waals surface area contributed by atoms with Crippen LogP contribution in [0.5, 0.6) is 0 Å². The average molecular weight is 266 g/mol. The minimum absolute atomic E-state index is 0.409. The topological polar surface area (TPSA) is 63.0 Å². The fourth-order valence-electron chi connectivity index (χ4n) is 2.62. The lowest BCUT2D eigenvalue weighted by Gasteiger charge is -2.27. The monoisotopic (exact) mass is 266 g/mol. The standard InChI is InChI=1S/C14H26N4O/c1-10(2)15-9-13-17-18-14(19-13)16-11(3)12-7-5-4-6-8-12/h10-12,15H,4-9H2,1-3H3,(H,16,18). The van der Waals surface area contributed by atoms with Crippen molar-refractivity contribution in [3.63, 3.8) is 0 Å². The summed E-state index contributed by atoms with van der Waals surface area (Å²) in [7, 11) is 0. The summed E-state index contributed by atoms with van der Waals surface area (Å²) in [6.45, 7) is 7.04. The van der Waals surface area contributed by atoms with Gasteiger partial charge in [-0.05, 0) is 25.7 Å². The van der Waals surface area contributed by atoms with Crippen LogP contribution in [0.1, 0.15) is 58.8 Å². The van der Waals surface area contributed by atoms with Crippen molar-refractivity contribution in [3.05, 3.63) is 5.89 Å². The zero-order chi connectivity index (χ0) is 13.7. The summed E-state index contributed by atoms with van der Waals surface area (Å²) < 4.78 is 5.60. The minimum atomic E-state index is 0.409. The van der Waals surface area contributed by atoms with Crippen LogP contribution in [0.25, 0.3) is 0 Å². The molecule has 1 aromatic heterocycles. The van der Waals surface area contributed by atoms with E-state index in [1.165, 1.54) is 32.1 Å². The van der Waals surface area contributed by atoms with Gasteiger partial charge < -0.3 is 15.1 Å². The van der Waals surface area contributed by atoms with Crippen LogP contribution in [-0.4, -0.2) is 22.3 Å². The molecule has 5 nitrogen and oxygen atoms in total. The lowest BCUT2D eigenvalue weighted by atomic mass is 9.85. The first-order valence-corrected chi connectivity index (χ1v) is 7.47. The van der Waals surface area contributed by atoms with E-state index < -0.39 is 0 Å². The van der Waals surface area contributed by atoms with E-state index in [1.807, 2.05) is 0 Å². The van der Waals surface area contributed by atoms with Crippen molar-refractivity contribution in [2.75, 3.05) is 5.32 Å². The van der Waals surface area contributed by atoms with Crippen molar-refractivity contribution in [2.24, 2.45) is 5.92 Å². The van der Waals surface area contributed by atoms with Crippen LogP contribution < -0.4 is 10.6 Å². The molecule has 1 atom stereocenters. The van der Waals surface area contributed by atoms with Gasteiger partial charge in [0.25, 0.3) is 0 Å². The SMILES string of the molecule is CC(C)NCc1nnc(NC(C)C2CCCCC2)o1. The van der Waals surface area contributed by atoms with Gasteiger partial charge in [-0.2, -0.15) is 0 Å². The highest BCUT2D eigenvalue weighted by molar-refractivity contribution is 5.19. The van der Waals surface area contributed by atoms with Crippen LogP contribution in [0.4, 0.5) is 6.01 Å². The van der Waals surface area contributed by atoms with Crippen molar-refractivity contribution in [3.8, 4) is 0 Å². The smallest absolute Gasteiger partial charge is 0.315 e. The second-order valence-corrected chi connectivity index (χ2v) is 5.87. The van der Waals surface area contributed by atoms with Crippen molar-refractivity contribution in [2.45, 2.75) is 71.5 Å². The molecular weight excluding hydrogens is 240 g/mol. The van der Waals surface area contributed by atoms with Gasteiger partial charge in [-0.3, -0.25) is 0 Å². The predicted octanol–water partition coefficient (Wildman–Crippen LogP) is 2.95. The number of rotatable bonds is 6. The largest absolute Gasteiger partial charge is 0.407 e. The van der Waals surface area contributed by atoms with Crippen molar-refractivity contribution in [1.29, 1.82) is 0 Å². The summed E-state index contributed by atoms with van der Waals surface area (Å²) in [6, 6.07) is 1.38. The van der Waals surface area contributed by atoms with Gasteiger partial charge in [0.15, 0.2) is 0 Å². The summed E-state index contributed by atoms with van der Waals surface area (Å²) in [5, 5.41) is 14.7. The van der Waals surface area contributed by atoms with Gasteiger partial charge >= 0.3 is 6.01 Å². The van der Waals surface area contributed by atoms with E-state index in [9.17, 15) is 0 Å². The molecule has 1 aliphatic carbocycles. The van der Waals surface area contributed by atoms with E-state index in [-0.39, 0.29) is 0 Å². The maximum atomic E-state index is 5.60. The Hall–Kier alpha value is -1.10. The van der Waals surface area contributed by atoms with Crippen LogP contribution in [-0.2, 0) is 6.54 Å². The van der Waals surface area contributed by atoms with Crippen LogP contribution in [0.2, 0.25) is 0 Å². The Kier molecular flexibility index (Phi) is 5.19. The molecule has 0 aromatic carbocycles. The van der Waals surface area contributed by atoms with Crippen LogP contribution >= 0.6 is 0 Å². The number of hydrogen-bond donors (Lipinski definition) is 2. The number of nitrogens with one attached hydrogen (secondary N) is 2. The molecule has 0 aliphatic heterocycles. The number of anilines is 1. The fourth-order valence-corrected chi connectivity index (χ4v) is 2.62. The molecule has 1 fully saturated rings. The minimum Gasteiger partial charge on any atom is -0.407 e. The molecule has 1 aromatic rings. The first-order chi connectivity index (χ1) is 9.15. The zero-order valence-electron chi connectivity index (χ0n) is 12.3. The van der Waals surface area contributed by atoms with E-state index in [1.54, 1.807) is 0 Å². The van der Waals surface area contributed by atoms with E-state index in [4.69, 9.17) is 4.42 Å². The second-order valence-electron chi connectivity index (χ2n) is 5.87. The summed E-state index contributed by atoms with van der Waals surface area (Å²) in [5.41, 5.74) is 0. The lowest BCUT2D eigenvalue weighted by Crippen LogP contribution is -2.27. The van der Waals surface area contributed by atoms with Crippen LogP contribution in [0.15, 0.2) is 4.42 Å². The Bertz CT molecular complexity index is 371. The van der Waals surface area contributed by atoms with E-state index >= 15 is 0 Å². The highest BCUT2D eigenvalue weighted by Gasteiger charge is 2.21. The van der Waals surface area contributed by atoms with Crippen molar-refractivity contribution >= 4 is 6.01 Å². The molecule has 0 amide bonds. The van der Waals surface area contributed by atoms with Gasteiger partial charge in [0.2, 0.25) is 5.89 Å². The highest BCUT2D eigenvalue weighted by atomic mass is 16.4. The van der Waals surface area contributed by atoms with E-state index in [0.717, 1.165) is 5.92 Å². The number of hydrogen-bond acceptors (Lipinski definition) is 5. The molecule has 1 unspecified atom stereocenters. The van der Waals surface area contributed by atoms with Gasteiger partial charge in [-0.25, -0.2) is 0 Å². The molecule has 5 heteroatoms. The quantitative estimate of drug-likeness (QED) is 0.829. The van der Waals surface area contributed by atoms with Crippen LogP contribution in [0, 0.1) is 5.92 Å². The van der Waals surface area contributed by atoms with E-state index in [0.29, 0.717) is 30.5 Å². The molecule has 0 radical (unpaired) electrons. The molecule has 1 saturated carbocycles. The summed E-state index contributed by atoms with van der Waals surface area (Å²) in [6.07, 6.45) is 6.71. The third-order valence-corrected chi connectivity index (χ3v) is 3.84. The Morgan fingerprint density at radius 3 is 2.58 bits per heavy atom. The fraction of sp³-hybridized carbons (Fsp3) is 0.857. The average Bonchev–Trinajstić information content (AvgIpc) is 2.85. The van der Waals surface area contributed by atoms with Gasteiger partial charge in [-0.1, -0.05) is 38.2 Å². The molecule has 0 spiro atoms. The normalized spacial score (nSPS) is 18.7. The lowest BCUT2D eigenvalue weighted by molar-refractivity contribution is 0.324. The summed E-state index contributed by atoms with van der Waals surface area (Å²) in [5.74, 6) is 1.38. The van der Waals surface area contributed by atoms with Crippen molar-refractivity contribution < 1.29 is 4.42 Å². The maximum Gasteiger partial charge on any atom is 0.315 e. The van der Waals surface area contributed by atoms with Gasteiger partial charge in [0, 0.05) is 12.1 Å². The summed E-state index contributed by atoms with van der Waals surface area (Å²) in [4.78, 5) is 0. The Balaban J connectivity index is 1.81. The maximum absolute atomic E-state index is 5.60. The Morgan fingerprint density at radius 1 is 1.16 bits per heavy atom. The third kappa shape index (κ3) is 4.49. The highest BCUT2D eigenvalue weighted by Crippen LogP contribution is 2.27. The van der Waals surface area contributed by atoms with Gasteiger partial charge in [0.1, 0.15) is 0 Å².